The SMILES string of the molecule is Cc1noc(C[C@H]2COc3cc(F)ccc3N2C(C)c2ccc3c(c2)NC(=O)CO3)n1. The summed E-state index contributed by atoms with van der Waals surface area (Å²) in [6.45, 7) is 4.17. The van der Waals surface area contributed by atoms with Gasteiger partial charge in [-0.3, -0.25) is 4.79 Å². The lowest BCUT2D eigenvalue weighted by Crippen LogP contribution is -2.46. The summed E-state index contributed by atoms with van der Waals surface area (Å²) in [5.41, 5.74) is 2.38. The van der Waals surface area contributed by atoms with E-state index in [0.29, 0.717) is 41.9 Å². The Bertz CT molecular complexity index is 1150. The molecule has 2 aliphatic heterocycles. The Hall–Kier alpha value is -3.62. The highest BCUT2D eigenvalue weighted by Crippen LogP contribution is 2.41. The molecule has 0 radical (unpaired) electrons. The van der Waals surface area contributed by atoms with Crippen molar-refractivity contribution in [2.75, 3.05) is 23.4 Å². The first-order valence-electron chi connectivity index (χ1n) is 10.0. The number of amides is 1. The van der Waals surface area contributed by atoms with Gasteiger partial charge in [0.1, 0.15) is 23.9 Å². The van der Waals surface area contributed by atoms with Crippen molar-refractivity contribution in [1.29, 1.82) is 0 Å². The van der Waals surface area contributed by atoms with Gasteiger partial charge in [0.2, 0.25) is 5.89 Å². The van der Waals surface area contributed by atoms with Crippen LogP contribution in [0.15, 0.2) is 40.9 Å². The lowest BCUT2D eigenvalue weighted by molar-refractivity contribution is -0.118. The van der Waals surface area contributed by atoms with Crippen molar-refractivity contribution in [1.82, 2.24) is 10.1 Å². The van der Waals surface area contributed by atoms with Gasteiger partial charge in [0.25, 0.3) is 5.91 Å². The maximum atomic E-state index is 13.8. The number of halogens is 1. The topological polar surface area (TPSA) is 89.7 Å². The van der Waals surface area contributed by atoms with E-state index >= 15 is 0 Å². The molecular formula is C22H21FN4O4. The first kappa shape index (κ1) is 19.3. The van der Waals surface area contributed by atoms with E-state index in [9.17, 15) is 9.18 Å². The molecule has 0 saturated heterocycles. The molecule has 0 saturated carbocycles. The normalized spacial score (nSPS) is 18.4. The molecule has 3 heterocycles. The third kappa shape index (κ3) is 3.67. The molecule has 2 aromatic carbocycles. The smallest absolute Gasteiger partial charge is 0.262 e. The van der Waals surface area contributed by atoms with Gasteiger partial charge >= 0.3 is 0 Å². The molecule has 160 valence electrons. The van der Waals surface area contributed by atoms with E-state index in [-0.39, 0.29) is 30.4 Å². The zero-order valence-corrected chi connectivity index (χ0v) is 17.1. The molecule has 0 fully saturated rings. The number of anilines is 2. The molecule has 3 aromatic rings. The van der Waals surface area contributed by atoms with E-state index in [1.54, 1.807) is 13.0 Å². The molecule has 5 rings (SSSR count). The Kier molecular flexibility index (Phi) is 4.72. The quantitative estimate of drug-likeness (QED) is 0.686. The van der Waals surface area contributed by atoms with Gasteiger partial charge < -0.3 is 24.2 Å². The monoisotopic (exact) mass is 424 g/mol. The van der Waals surface area contributed by atoms with Gasteiger partial charge in [0.05, 0.1) is 29.9 Å². The fourth-order valence-corrected chi connectivity index (χ4v) is 4.11. The van der Waals surface area contributed by atoms with Crippen molar-refractivity contribution in [3.05, 3.63) is 59.5 Å². The number of carbonyl (C=O) groups excluding carboxylic acids is 1. The van der Waals surface area contributed by atoms with Crippen LogP contribution in [-0.2, 0) is 11.2 Å². The van der Waals surface area contributed by atoms with Crippen LogP contribution in [0.5, 0.6) is 11.5 Å². The number of carbonyl (C=O) groups is 1. The molecule has 8 nitrogen and oxygen atoms in total. The number of fused-ring (bicyclic) bond motifs is 2. The molecule has 9 heteroatoms. The number of rotatable bonds is 4. The number of hydrogen-bond acceptors (Lipinski definition) is 7. The predicted octanol–water partition coefficient (Wildman–Crippen LogP) is 3.42. The Morgan fingerprint density at radius 2 is 2.10 bits per heavy atom. The van der Waals surface area contributed by atoms with Crippen LogP contribution < -0.4 is 19.7 Å². The minimum atomic E-state index is -0.356. The first-order valence-corrected chi connectivity index (χ1v) is 10.0. The summed E-state index contributed by atoms with van der Waals surface area (Å²) in [6, 6.07) is 10.0. The van der Waals surface area contributed by atoms with E-state index in [0.717, 1.165) is 11.3 Å². The molecule has 1 amide bonds. The number of hydrogen-bond donors (Lipinski definition) is 1. The number of aromatic nitrogens is 2. The van der Waals surface area contributed by atoms with E-state index < -0.39 is 0 Å². The summed E-state index contributed by atoms with van der Waals surface area (Å²) in [4.78, 5) is 18.2. The Morgan fingerprint density at radius 3 is 2.90 bits per heavy atom. The van der Waals surface area contributed by atoms with Crippen LogP contribution in [0, 0.1) is 12.7 Å². The van der Waals surface area contributed by atoms with Crippen LogP contribution in [-0.4, -0.2) is 35.3 Å². The van der Waals surface area contributed by atoms with E-state index in [2.05, 4.69) is 27.3 Å². The maximum Gasteiger partial charge on any atom is 0.262 e. The number of nitrogens with one attached hydrogen (secondary N) is 1. The van der Waals surface area contributed by atoms with Crippen LogP contribution in [0.25, 0.3) is 0 Å². The highest BCUT2D eigenvalue weighted by atomic mass is 19.1. The van der Waals surface area contributed by atoms with Gasteiger partial charge in [-0.1, -0.05) is 11.2 Å². The lowest BCUT2D eigenvalue weighted by atomic mass is 9.99. The average Bonchev–Trinajstić information content (AvgIpc) is 3.17. The molecule has 2 atom stereocenters. The Morgan fingerprint density at radius 1 is 1.23 bits per heavy atom. The minimum absolute atomic E-state index is 0.00990. The Labute approximate surface area is 178 Å². The number of ether oxygens (including phenoxy) is 2. The van der Waals surface area contributed by atoms with Crippen LogP contribution >= 0.6 is 0 Å². The van der Waals surface area contributed by atoms with Crippen LogP contribution in [0.1, 0.15) is 30.2 Å². The largest absolute Gasteiger partial charge is 0.489 e. The van der Waals surface area contributed by atoms with Crippen molar-refractivity contribution in [2.45, 2.75) is 32.4 Å². The van der Waals surface area contributed by atoms with Gasteiger partial charge in [0, 0.05) is 6.07 Å². The van der Waals surface area contributed by atoms with Crippen LogP contribution in [0.4, 0.5) is 15.8 Å². The first-order chi connectivity index (χ1) is 15.0. The molecule has 1 unspecified atom stereocenters. The molecule has 1 N–H and O–H groups in total. The second-order valence-corrected chi connectivity index (χ2v) is 7.69. The van der Waals surface area contributed by atoms with Crippen molar-refractivity contribution < 1.29 is 23.2 Å². The van der Waals surface area contributed by atoms with Gasteiger partial charge in [0.15, 0.2) is 12.4 Å². The minimum Gasteiger partial charge on any atom is -0.489 e. The van der Waals surface area contributed by atoms with Gasteiger partial charge in [-0.15, -0.1) is 0 Å². The summed E-state index contributed by atoms with van der Waals surface area (Å²) in [5, 5.41) is 6.72. The molecule has 2 aliphatic rings. The second-order valence-electron chi connectivity index (χ2n) is 7.69. The third-order valence-electron chi connectivity index (χ3n) is 5.54. The standard InChI is InChI=1S/C22H21FN4O4/c1-12(14-3-6-19-17(7-14)25-21(28)11-30-19)27-16(9-22-24-13(2)26-31-22)10-29-20-8-15(23)4-5-18(20)27/h3-8,12,16H,9-11H2,1-2H3,(H,25,28)/t12?,16-/m0/s1. The van der Waals surface area contributed by atoms with Crippen LogP contribution in [0.2, 0.25) is 0 Å². The zero-order valence-electron chi connectivity index (χ0n) is 17.1. The summed E-state index contributed by atoms with van der Waals surface area (Å²) < 4.78 is 30.5. The van der Waals surface area contributed by atoms with Crippen molar-refractivity contribution in [2.24, 2.45) is 0 Å². The molecule has 0 spiro atoms. The summed E-state index contributed by atoms with van der Waals surface area (Å²) in [5.74, 6) is 1.66. The van der Waals surface area contributed by atoms with E-state index in [1.165, 1.54) is 12.1 Å². The lowest BCUT2D eigenvalue weighted by Gasteiger charge is -2.42. The zero-order chi connectivity index (χ0) is 21.5. The summed E-state index contributed by atoms with van der Waals surface area (Å²) in [7, 11) is 0. The number of nitrogens with zero attached hydrogens (tertiary/aromatic N) is 3. The predicted molar refractivity (Wildman–Crippen MR) is 110 cm³/mol. The second kappa shape index (κ2) is 7.57. The van der Waals surface area contributed by atoms with Gasteiger partial charge in [-0.25, -0.2) is 4.39 Å². The van der Waals surface area contributed by atoms with E-state index in [1.807, 2.05) is 18.2 Å². The highest BCUT2D eigenvalue weighted by molar-refractivity contribution is 5.95. The molecule has 0 aliphatic carbocycles. The van der Waals surface area contributed by atoms with Crippen molar-refractivity contribution in [3.63, 3.8) is 0 Å². The fraction of sp³-hybridized carbons (Fsp3) is 0.318. The van der Waals surface area contributed by atoms with E-state index in [4.69, 9.17) is 14.0 Å². The average molecular weight is 424 g/mol. The van der Waals surface area contributed by atoms with Crippen molar-refractivity contribution >= 4 is 17.3 Å². The number of benzene rings is 2. The highest BCUT2D eigenvalue weighted by Gasteiger charge is 2.34. The molecule has 1 aromatic heterocycles. The summed E-state index contributed by atoms with van der Waals surface area (Å²) >= 11 is 0. The third-order valence-corrected chi connectivity index (χ3v) is 5.54. The van der Waals surface area contributed by atoms with Crippen LogP contribution in [0.3, 0.4) is 0 Å². The maximum absolute atomic E-state index is 13.8. The van der Waals surface area contributed by atoms with Crippen molar-refractivity contribution in [3.8, 4) is 11.5 Å². The molecule has 0 bridgehead atoms. The Balaban J connectivity index is 1.52. The summed E-state index contributed by atoms with van der Waals surface area (Å²) in [6.07, 6.45) is 0.479. The molecular weight excluding hydrogens is 403 g/mol. The fourth-order valence-electron chi connectivity index (χ4n) is 4.11. The van der Waals surface area contributed by atoms with Gasteiger partial charge in [-0.05, 0) is 43.7 Å². The molecule has 31 heavy (non-hydrogen) atoms. The number of aryl methyl sites for hydroxylation is 1. The van der Waals surface area contributed by atoms with Gasteiger partial charge in [-0.2, -0.15) is 4.98 Å².